The van der Waals surface area contributed by atoms with Gasteiger partial charge in [-0.1, -0.05) is 6.92 Å². The lowest BCUT2D eigenvalue weighted by Gasteiger charge is -2.07. The second kappa shape index (κ2) is 7.93. The first-order valence-electron chi connectivity index (χ1n) is 7.94. The first-order chi connectivity index (χ1) is 11.5. The highest BCUT2D eigenvalue weighted by atomic mass is 32.1. The summed E-state index contributed by atoms with van der Waals surface area (Å²) in [7, 11) is 0. The summed E-state index contributed by atoms with van der Waals surface area (Å²) in [6.45, 7) is 9.36. The highest BCUT2D eigenvalue weighted by Crippen LogP contribution is 2.19. The molecule has 2 aromatic heterocycles. The van der Waals surface area contributed by atoms with E-state index in [1.165, 1.54) is 11.3 Å². The Morgan fingerprint density at radius 3 is 2.79 bits per heavy atom. The summed E-state index contributed by atoms with van der Waals surface area (Å²) in [4.78, 5) is 16.6. The van der Waals surface area contributed by atoms with Crippen molar-refractivity contribution in [2.75, 3.05) is 0 Å². The van der Waals surface area contributed by atoms with Gasteiger partial charge in [0, 0.05) is 29.0 Å². The molecule has 0 aliphatic heterocycles. The van der Waals surface area contributed by atoms with Gasteiger partial charge in [0.1, 0.15) is 16.6 Å². The van der Waals surface area contributed by atoms with Crippen molar-refractivity contribution >= 4 is 23.3 Å². The topological polar surface area (TPSA) is 70.7 Å². The number of aryl methyl sites for hydroxylation is 2. The van der Waals surface area contributed by atoms with Crippen LogP contribution in [0.1, 0.15) is 41.0 Å². The van der Waals surface area contributed by atoms with E-state index in [9.17, 15) is 10.1 Å². The Kier molecular flexibility index (Phi) is 5.93. The van der Waals surface area contributed by atoms with Crippen LogP contribution in [0.3, 0.4) is 0 Å². The molecule has 2 heterocycles. The highest BCUT2D eigenvalue weighted by Gasteiger charge is 2.13. The number of aromatic nitrogens is 2. The maximum absolute atomic E-state index is 12.3. The van der Waals surface area contributed by atoms with Crippen molar-refractivity contribution in [2.45, 2.75) is 47.2 Å². The molecule has 0 saturated carbocycles. The minimum Gasteiger partial charge on any atom is -0.349 e. The molecule has 0 radical (unpaired) electrons. The van der Waals surface area contributed by atoms with Gasteiger partial charge in [-0.25, -0.2) is 4.98 Å². The maximum Gasteiger partial charge on any atom is 0.262 e. The van der Waals surface area contributed by atoms with Crippen LogP contribution in [0.15, 0.2) is 17.0 Å². The fraction of sp³-hybridized carbons (Fsp3) is 0.389. The molecule has 0 unspecified atom stereocenters. The largest absolute Gasteiger partial charge is 0.349 e. The van der Waals surface area contributed by atoms with E-state index >= 15 is 0 Å². The highest BCUT2D eigenvalue weighted by molar-refractivity contribution is 7.09. The van der Waals surface area contributed by atoms with E-state index in [4.69, 9.17) is 0 Å². The molecule has 0 atom stereocenters. The maximum atomic E-state index is 12.3. The van der Waals surface area contributed by atoms with Crippen LogP contribution in [0.4, 0.5) is 0 Å². The predicted molar refractivity (Wildman–Crippen MR) is 96.5 cm³/mol. The minimum atomic E-state index is -0.370. The smallest absolute Gasteiger partial charge is 0.262 e. The van der Waals surface area contributed by atoms with E-state index in [1.807, 2.05) is 38.3 Å². The number of rotatable bonds is 6. The molecular formula is C18H22N4OS. The molecule has 0 spiro atoms. The SMILES string of the molecule is CCCn1c(C)cc(C=C(C#N)C(=O)NCc2nc(C)cs2)c1C. The number of carbonyl (C=O) groups excluding carboxylic acids is 1. The van der Waals surface area contributed by atoms with E-state index < -0.39 is 0 Å². The zero-order valence-electron chi connectivity index (χ0n) is 14.5. The fourth-order valence-corrected chi connectivity index (χ4v) is 3.29. The van der Waals surface area contributed by atoms with Crippen LogP contribution in [0.5, 0.6) is 0 Å². The molecule has 126 valence electrons. The number of hydrogen-bond acceptors (Lipinski definition) is 4. The Hall–Kier alpha value is -2.39. The van der Waals surface area contributed by atoms with E-state index in [1.54, 1.807) is 6.08 Å². The van der Waals surface area contributed by atoms with E-state index in [0.717, 1.165) is 40.6 Å². The molecule has 0 fully saturated rings. The third kappa shape index (κ3) is 4.12. The van der Waals surface area contributed by atoms with Gasteiger partial charge in [-0.3, -0.25) is 4.79 Å². The molecule has 2 aromatic rings. The molecule has 0 aliphatic rings. The Balaban J connectivity index is 2.15. The second-order valence-corrected chi connectivity index (χ2v) is 6.66. The number of nitriles is 1. The van der Waals surface area contributed by atoms with Crippen molar-refractivity contribution in [2.24, 2.45) is 0 Å². The van der Waals surface area contributed by atoms with Crippen molar-refractivity contribution < 1.29 is 4.79 Å². The fourth-order valence-electron chi connectivity index (χ4n) is 2.58. The van der Waals surface area contributed by atoms with Crippen molar-refractivity contribution in [3.8, 4) is 6.07 Å². The summed E-state index contributed by atoms with van der Waals surface area (Å²) in [5, 5.41) is 14.9. The molecule has 0 bridgehead atoms. The minimum absolute atomic E-state index is 0.111. The van der Waals surface area contributed by atoms with Gasteiger partial charge in [0.05, 0.1) is 6.54 Å². The van der Waals surface area contributed by atoms with Crippen LogP contribution in [0.25, 0.3) is 6.08 Å². The number of nitrogens with zero attached hydrogens (tertiary/aromatic N) is 3. The second-order valence-electron chi connectivity index (χ2n) is 5.71. The van der Waals surface area contributed by atoms with Crippen LogP contribution in [0.2, 0.25) is 0 Å². The summed E-state index contributed by atoms with van der Waals surface area (Å²) in [6, 6.07) is 4.02. The molecule has 1 amide bonds. The van der Waals surface area contributed by atoms with Gasteiger partial charge in [-0.15, -0.1) is 11.3 Å². The van der Waals surface area contributed by atoms with Crippen LogP contribution in [-0.2, 0) is 17.9 Å². The van der Waals surface area contributed by atoms with Crippen LogP contribution in [-0.4, -0.2) is 15.5 Å². The number of carbonyl (C=O) groups is 1. The molecule has 2 rings (SSSR count). The van der Waals surface area contributed by atoms with Gasteiger partial charge in [0.15, 0.2) is 0 Å². The number of thiazole rings is 1. The van der Waals surface area contributed by atoms with E-state index in [0.29, 0.717) is 6.54 Å². The normalized spacial score (nSPS) is 11.4. The molecule has 5 nitrogen and oxygen atoms in total. The number of amides is 1. The Bertz CT molecular complexity index is 808. The molecule has 0 saturated heterocycles. The van der Waals surface area contributed by atoms with E-state index in [-0.39, 0.29) is 11.5 Å². The summed E-state index contributed by atoms with van der Waals surface area (Å²) < 4.78 is 2.21. The molecule has 24 heavy (non-hydrogen) atoms. The molecule has 1 N–H and O–H groups in total. The first kappa shape index (κ1) is 18.0. The third-order valence-corrected chi connectivity index (χ3v) is 4.76. The lowest BCUT2D eigenvalue weighted by molar-refractivity contribution is -0.117. The quantitative estimate of drug-likeness (QED) is 0.645. The Morgan fingerprint density at radius 1 is 1.46 bits per heavy atom. The van der Waals surface area contributed by atoms with Gasteiger partial charge in [0.25, 0.3) is 5.91 Å². The lowest BCUT2D eigenvalue weighted by atomic mass is 10.1. The first-order valence-corrected chi connectivity index (χ1v) is 8.82. The molecule has 0 aromatic carbocycles. The summed E-state index contributed by atoms with van der Waals surface area (Å²) in [5.74, 6) is -0.370. The summed E-state index contributed by atoms with van der Waals surface area (Å²) >= 11 is 1.50. The predicted octanol–water partition coefficient (Wildman–Crippen LogP) is 3.50. The number of nitrogens with one attached hydrogen (secondary N) is 1. The zero-order valence-corrected chi connectivity index (χ0v) is 15.3. The Morgan fingerprint density at radius 2 is 2.21 bits per heavy atom. The van der Waals surface area contributed by atoms with E-state index in [2.05, 4.69) is 21.8 Å². The van der Waals surface area contributed by atoms with Gasteiger partial charge >= 0.3 is 0 Å². The average Bonchev–Trinajstić information content (AvgIpc) is 3.08. The number of hydrogen-bond donors (Lipinski definition) is 1. The van der Waals surface area contributed by atoms with Crippen LogP contribution >= 0.6 is 11.3 Å². The lowest BCUT2D eigenvalue weighted by Crippen LogP contribution is -2.23. The van der Waals surface area contributed by atoms with Gasteiger partial charge in [-0.05, 0) is 44.9 Å². The monoisotopic (exact) mass is 342 g/mol. The molecular weight excluding hydrogens is 320 g/mol. The van der Waals surface area contributed by atoms with Crippen molar-refractivity contribution in [1.82, 2.24) is 14.9 Å². The standard InChI is InChI=1S/C18H22N4OS/c1-5-6-22-13(3)7-15(14(22)4)8-16(9-19)18(23)20-10-17-21-12(2)11-24-17/h7-8,11H,5-6,10H2,1-4H3,(H,20,23). The van der Waals surface area contributed by atoms with Gasteiger partial charge < -0.3 is 9.88 Å². The Labute approximate surface area is 146 Å². The zero-order chi connectivity index (χ0) is 17.7. The third-order valence-electron chi connectivity index (χ3n) is 3.79. The van der Waals surface area contributed by atoms with Crippen molar-refractivity contribution in [3.05, 3.63) is 44.7 Å². The van der Waals surface area contributed by atoms with Crippen LogP contribution in [0, 0.1) is 32.1 Å². The van der Waals surface area contributed by atoms with Crippen molar-refractivity contribution in [3.63, 3.8) is 0 Å². The molecule has 0 aliphatic carbocycles. The average molecular weight is 342 g/mol. The summed E-state index contributed by atoms with van der Waals surface area (Å²) in [6.07, 6.45) is 2.70. The summed E-state index contributed by atoms with van der Waals surface area (Å²) in [5.41, 5.74) is 4.17. The van der Waals surface area contributed by atoms with Gasteiger partial charge in [0.2, 0.25) is 0 Å². The molecule has 6 heteroatoms. The van der Waals surface area contributed by atoms with Crippen LogP contribution < -0.4 is 5.32 Å². The van der Waals surface area contributed by atoms with Crippen molar-refractivity contribution in [1.29, 1.82) is 5.26 Å². The van der Waals surface area contributed by atoms with Gasteiger partial charge in [-0.2, -0.15) is 5.26 Å².